The Bertz CT molecular complexity index is 1070. The van der Waals surface area contributed by atoms with E-state index in [-0.39, 0.29) is 10.5 Å². The average molecular weight is 390 g/mol. The van der Waals surface area contributed by atoms with Crippen LogP contribution in [0.3, 0.4) is 0 Å². The molecule has 3 rings (SSSR count). The van der Waals surface area contributed by atoms with Crippen molar-refractivity contribution in [1.82, 2.24) is 9.78 Å². The summed E-state index contributed by atoms with van der Waals surface area (Å²) in [6, 6.07) is 14.8. The highest BCUT2D eigenvalue weighted by Crippen LogP contribution is 2.23. The average Bonchev–Trinajstić information content (AvgIpc) is 2.95. The zero-order valence-corrected chi connectivity index (χ0v) is 15.7. The molecule has 0 spiro atoms. The van der Waals surface area contributed by atoms with Crippen LogP contribution < -0.4 is 5.32 Å². The third-order valence-corrected chi connectivity index (χ3v) is 5.15. The summed E-state index contributed by atoms with van der Waals surface area (Å²) >= 11 is 5.89. The molecule has 0 saturated heterocycles. The molecule has 0 unspecified atom stereocenters. The van der Waals surface area contributed by atoms with E-state index in [2.05, 4.69) is 10.4 Å². The minimum Gasteiger partial charge on any atom is -0.307 e. The summed E-state index contributed by atoms with van der Waals surface area (Å²) in [4.78, 5) is 12.6. The summed E-state index contributed by atoms with van der Waals surface area (Å²) < 4.78 is 24.8. The third-order valence-electron chi connectivity index (χ3n) is 3.79. The molecule has 26 heavy (non-hydrogen) atoms. The van der Waals surface area contributed by atoms with Crippen LogP contribution >= 0.6 is 11.6 Å². The lowest BCUT2D eigenvalue weighted by Gasteiger charge is -2.06. The molecule has 1 heterocycles. The molecule has 0 aliphatic rings. The first kappa shape index (κ1) is 18.2. The fourth-order valence-electron chi connectivity index (χ4n) is 2.40. The standard InChI is InChI=1S/C18H16ClN3O3S/c1-22-17(11-16(21-22)12-6-8-14(19)9-7-12)20-18(23)13-4-3-5-15(10-13)26(2,24)25/h3-11H,1-2H3,(H,20,23). The first-order valence-corrected chi connectivity index (χ1v) is 9.92. The van der Waals surface area contributed by atoms with Gasteiger partial charge in [-0.05, 0) is 30.3 Å². The Balaban J connectivity index is 1.85. The summed E-state index contributed by atoms with van der Waals surface area (Å²) in [5, 5.41) is 7.75. The first-order chi connectivity index (χ1) is 12.2. The molecule has 1 aromatic heterocycles. The van der Waals surface area contributed by atoms with Crippen LogP contribution in [0.5, 0.6) is 0 Å². The number of sulfone groups is 1. The van der Waals surface area contributed by atoms with Gasteiger partial charge in [0.15, 0.2) is 9.84 Å². The lowest BCUT2D eigenvalue weighted by Crippen LogP contribution is -2.15. The van der Waals surface area contributed by atoms with Gasteiger partial charge in [0.1, 0.15) is 5.82 Å². The van der Waals surface area contributed by atoms with Crippen LogP contribution in [0.2, 0.25) is 5.02 Å². The molecule has 0 bridgehead atoms. The van der Waals surface area contributed by atoms with Crippen molar-refractivity contribution in [3.05, 3.63) is 65.2 Å². The molecule has 134 valence electrons. The number of carbonyl (C=O) groups excluding carboxylic acids is 1. The SMILES string of the molecule is Cn1nc(-c2ccc(Cl)cc2)cc1NC(=O)c1cccc(S(C)(=O)=O)c1. The fourth-order valence-corrected chi connectivity index (χ4v) is 3.20. The smallest absolute Gasteiger partial charge is 0.256 e. The number of rotatable bonds is 4. The van der Waals surface area contributed by atoms with Crippen LogP contribution in [0.4, 0.5) is 5.82 Å². The predicted octanol–water partition coefficient (Wildman–Crippen LogP) is 3.40. The molecule has 0 saturated carbocycles. The highest BCUT2D eigenvalue weighted by molar-refractivity contribution is 7.90. The maximum atomic E-state index is 12.5. The molecule has 8 heteroatoms. The molecule has 2 aromatic carbocycles. The van der Waals surface area contributed by atoms with Crippen LogP contribution in [0.15, 0.2) is 59.5 Å². The first-order valence-electron chi connectivity index (χ1n) is 7.65. The number of aromatic nitrogens is 2. The van der Waals surface area contributed by atoms with E-state index in [1.54, 1.807) is 36.0 Å². The second kappa shape index (κ2) is 6.93. The Morgan fingerprint density at radius 2 is 1.81 bits per heavy atom. The Labute approximate surface area is 156 Å². The van der Waals surface area contributed by atoms with Crippen molar-refractivity contribution >= 4 is 33.2 Å². The molecule has 0 aliphatic carbocycles. The monoisotopic (exact) mass is 389 g/mol. The molecule has 0 aliphatic heterocycles. The van der Waals surface area contributed by atoms with Gasteiger partial charge in [0.2, 0.25) is 0 Å². The lowest BCUT2D eigenvalue weighted by molar-refractivity contribution is 0.102. The van der Waals surface area contributed by atoms with E-state index in [0.717, 1.165) is 11.8 Å². The van der Waals surface area contributed by atoms with Crippen molar-refractivity contribution in [1.29, 1.82) is 0 Å². The summed E-state index contributed by atoms with van der Waals surface area (Å²) in [6.07, 6.45) is 1.10. The maximum Gasteiger partial charge on any atom is 0.256 e. The van der Waals surface area contributed by atoms with Gasteiger partial charge in [-0.25, -0.2) is 8.42 Å². The van der Waals surface area contributed by atoms with Gasteiger partial charge < -0.3 is 5.32 Å². The second-order valence-corrected chi connectivity index (χ2v) is 8.25. The van der Waals surface area contributed by atoms with E-state index in [0.29, 0.717) is 16.5 Å². The zero-order valence-electron chi connectivity index (χ0n) is 14.1. The number of carbonyl (C=O) groups is 1. The Morgan fingerprint density at radius 3 is 2.46 bits per heavy atom. The zero-order chi connectivity index (χ0) is 18.9. The van der Waals surface area contributed by atoms with Gasteiger partial charge in [0, 0.05) is 35.5 Å². The molecular formula is C18H16ClN3O3S. The number of hydrogen-bond donors (Lipinski definition) is 1. The van der Waals surface area contributed by atoms with Gasteiger partial charge >= 0.3 is 0 Å². The van der Waals surface area contributed by atoms with E-state index in [4.69, 9.17) is 11.6 Å². The number of halogens is 1. The van der Waals surface area contributed by atoms with Crippen LogP contribution in [-0.2, 0) is 16.9 Å². The highest BCUT2D eigenvalue weighted by Gasteiger charge is 2.14. The van der Waals surface area contributed by atoms with Crippen LogP contribution in [0.25, 0.3) is 11.3 Å². The topological polar surface area (TPSA) is 81.1 Å². The number of nitrogens with zero attached hydrogens (tertiary/aromatic N) is 2. The summed E-state index contributed by atoms with van der Waals surface area (Å²) in [6.45, 7) is 0. The van der Waals surface area contributed by atoms with Crippen LogP contribution in [0.1, 0.15) is 10.4 Å². The normalized spacial score (nSPS) is 11.3. The van der Waals surface area contributed by atoms with Gasteiger partial charge in [0.05, 0.1) is 10.6 Å². The van der Waals surface area contributed by atoms with Gasteiger partial charge in [-0.1, -0.05) is 29.8 Å². The molecular weight excluding hydrogens is 374 g/mol. The minimum absolute atomic E-state index is 0.0945. The minimum atomic E-state index is -3.38. The fraction of sp³-hybridized carbons (Fsp3) is 0.111. The molecule has 6 nitrogen and oxygen atoms in total. The lowest BCUT2D eigenvalue weighted by atomic mass is 10.1. The third kappa shape index (κ3) is 3.95. The summed E-state index contributed by atoms with van der Waals surface area (Å²) in [5.74, 6) is 0.0749. The van der Waals surface area contributed by atoms with Gasteiger partial charge in [0.25, 0.3) is 5.91 Å². The van der Waals surface area contributed by atoms with E-state index >= 15 is 0 Å². The number of aryl methyl sites for hydroxylation is 1. The molecule has 0 fully saturated rings. The second-order valence-electron chi connectivity index (χ2n) is 5.80. The number of hydrogen-bond acceptors (Lipinski definition) is 4. The van der Waals surface area contributed by atoms with Crippen molar-refractivity contribution in [2.75, 3.05) is 11.6 Å². The van der Waals surface area contributed by atoms with Crippen molar-refractivity contribution in [2.45, 2.75) is 4.90 Å². The Morgan fingerprint density at radius 1 is 1.12 bits per heavy atom. The number of anilines is 1. The summed E-state index contributed by atoms with van der Waals surface area (Å²) in [7, 11) is -1.67. The molecule has 0 atom stereocenters. The molecule has 1 amide bonds. The molecule has 3 aromatic rings. The quantitative estimate of drug-likeness (QED) is 0.741. The highest BCUT2D eigenvalue weighted by atomic mass is 35.5. The van der Waals surface area contributed by atoms with Gasteiger partial charge in [-0.3, -0.25) is 9.48 Å². The Kier molecular flexibility index (Phi) is 4.84. The largest absolute Gasteiger partial charge is 0.307 e. The number of amides is 1. The van der Waals surface area contributed by atoms with E-state index in [1.807, 2.05) is 12.1 Å². The van der Waals surface area contributed by atoms with E-state index in [9.17, 15) is 13.2 Å². The predicted molar refractivity (Wildman–Crippen MR) is 101 cm³/mol. The van der Waals surface area contributed by atoms with Gasteiger partial charge in [-0.2, -0.15) is 5.10 Å². The van der Waals surface area contributed by atoms with Crippen molar-refractivity contribution in [2.24, 2.45) is 7.05 Å². The van der Waals surface area contributed by atoms with Crippen LogP contribution in [-0.4, -0.2) is 30.4 Å². The van der Waals surface area contributed by atoms with Crippen LogP contribution in [0, 0.1) is 0 Å². The van der Waals surface area contributed by atoms with Crippen molar-refractivity contribution < 1.29 is 13.2 Å². The molecule has 1 N–H and O–H groups in total. The molecule has 0 radical (unpaired) electrons. The van der Waals surface area contributed by atoms with Gasteiger partial charge in [-0.15, -0.1) is 0 Å². The maximum absolute atomic E-state index is 12.5. The number of nitrogens with one attached hydrogen (secondary N) is 1. The van der Waals surface area contributed by atoms with E-state index in [1.165, 1.54) is 18.2 Å². The van der Waals surface area contributed by atoms with E-state index < -0.39 is 15.7 Å². The van der Waals surface area contributed by atoms with Crippen molar-refractivity contribution in [3.8, 4) is 11.3 Å². The summed E-state index contributed by atoms with van der Waals surface area (Å²) in [5.41, 5.74) is 1.80. The van der Waals surface area contributed by atoms with Crippen molar-refractivity contribution in [3.63, 3.8) is 0 Å². The Hall–Kier alpha value is -2.64. The number of benzene rings is 2.